The van der Waals surface area contributed by atoms with E-state index in [1.54, 1.807) is 0 Å². The second kappa shape index (κ2) is 8.53. The van der Waals surface area contributed by atoms with Gasteiger partial charge in [0.1, 0.15) is 5.75 Å². The maximum atomic E-state index is 11.6. The molecule has 0 saturated carbocycles. The Balaban J connectivity index is 2.17. The minimum atomic E-state index is 0.0246. The van der Waals surface area contributed by atoms with Gasteiger partial charge in [-0.25, -0.2) is 0 Å². The molecule has 3 N–H and O–H groups in total. The first kappa shape index (κ1) is 15.5. The Morgan fingerprint density at radius 3 is 2.95 bits per heavy atom. The molecule has 4 heteroatoms. The number of hydrogen-bond acceptors (Lipinski definition) is 3. The van der Waals surface area contributed by atoms with Crippen LogP contribution in [0, 0.1) is 12.8 Å². The molecule has 0 aromatic heterocycles. The second-order valence-electron chi connectivity index (χ2n) is 4.90. The highest BCUT2D eigenvalue weighted by molar-refractivity contribution is 5.75. The minimum absolute atomic E-state index is 0.0246. The van der Waals surface area contributed by atoms with E-state index in [1.165, 1.54) is 0 Å². The summed E-state index contributed by atoms with van der Waals surface area (Å²) in [4.78, 5) is 11.6. The van der Waals surface area contributed by atoms with Crippen molar-refractivity contribution in [2.75, 3.05) is 19.7 Å². The largest absolute Gasteiger partial charge is 0.493 e. The summed E-state index contributed by atoms with van der Waals surface area (Å²) in [5.74, 6) is 1.26. The molecule has 4 nitrogen and oxygen atoms in total. The van der Waals surface area contributed by atoms with Crippen molar-refractivity contribution in [3.05, 3.63) is 29.8 Å². The number of amides is 1. The van der Waals surface area contributed by atoms with Crippen molar-refractivity contribution in [3.63, 3.8) is 0 Å². The van der Waals surface area contributed by atoms with Gasteiger partial charge in [-0.1, -0.05) is 19.1 Å². The molecule has 0 aliphatic carbocycles. The fraction of sp³-hybridized carbons (Fsp3) is 0.533. The first-order valence-electron chi connectivity index (χ1n) is 6.78. The maximum Gasteiger partial charge on any atom is 0.223 e. The van der Waals surface area contributed by atoms with Gasteiger partial charge < -0.3 is 15.8 Å². The van der Waals surface area contributed by atoms with Crippen molar-refractivity contribution >= 4 is 5.91 Å². The molecule has 1 aromatic rings. The van der Waals surface area contributed by atoms with Crippen LogP contribution in [-0.2, 0) is 4.79 Å². The lowest BCUT2D eigenvalue weighted by Gasteiger charge is -2.11. The van der Waals surface area contributed by atoms with Gasteiger partial charge in [0.05, 0.1) is 13.0 Å². The summed E-state index contributed by atoms with van der Waals surface area (Å²) in [6.07, 6.45) is 1.31. The molecular weight excluding hydrogens is 240 g/mol. The highest BCUT2D eigenvalue weighted by Gasteiger charge is 2.05. The van der Waals surface area contributed by atoms with Crippen LogP contribution < -0.4 is 15.8 Å². The zero-order valence-electron chi connectivity index (χ0n) is 11.8. The number of aryl methyl sites for hydroxylation is 1. The van der Waals surface area contributed by atoms with Gasteiger partial charge in [0.2, 0.25) is 5.91 Å². The maximum absolute atomic E-state index is 11.6. The molecule has 0 heterocycles. The average Bonchev–Trinajstić information content (AvgIpc) is 2.37. The van der Waals surface area contributed by atoms with Gasteiger partial charge in [-0.15, -0.1) is 0 Å². The SMILES string of the molecule is Cc1cccc(OCCC(=O)NCC(C)CCN)c1. The summed E-state index contributed by atoms with van der Waals surface area (Å²) in [7, 11) is 0. The van der Waals surface area contributed by atoms with Crippen molar-refractivity contribution in [1.29, 1.82) is 0 Å². The van der Waals surface area contributed by atoms with Crippen LogP contribution in [0.25, 0.3) is 0 Å². The smallest absolute Gasteiger partial charge is 0.223 e. The van der Waals surface area contributed by atoms with Crippen molar-refractivity contribution in [2.24, 2.45) is 11.7 Å². The lowest BCUT2D eigenvalue weighted by molar-refractivity contribution is -0.121. The molecule has 1 unspecified atom stereocenters. The van der Waals surface area contributed by atoms with Gasteiger partial charge >= 0.3 is 0 Å². The monoisotopic (exact) mass is 264 g/mol. The van der Waals surface area contributed by atoms with E-state index in [9.17, 15) is 4.79 Å². The zero-order valence-corrected chi connectivity index (χ0v) is 11.8. The Morgan fingerprint density at radius 2 is 2.26 bits per heavy atom. The molecule has 106 valence electrons. The van der Waals surface area contributed by atoms with Crippen LogP contribution in [-0.4, -0.2) is 25.6 Å². The number of rotatable bonds is 8. The highest BCUT2D eigenvalue weighted by Crippen LogP contribution is 2.12. The number of carbonyl (C=O) groups is 1. The molecule has 0 radical (unpaired) electrons. The van der Waals surface area contributed by atoms with Crippen LogP contribution >= 0.6 is 0 Å². The Bertz CT molecular complexity index is 393. The highest BCUT2D eigenvalue weighted by atomic mass is 16.5. The fourth-order valence-electron chi connectivity index (χ4n) is 1.73. The van der Waals surface area contributed by atoms with E-state index >= 15 is 0 Å². The zero-order chi connectivity index (χ0) is 14.1. The molecule has 0 aliphatic rings. The molecule has 19 heavy (non-hydrogen) atoms. The first-order valence-corrected chi connectivity index (χ1v) is 6.78. The summed E-state index contributed by atoms with van der Waals surface area (Å²) in [5, 5.41) is 2.89. The van der Waals surface area contributed by atoms with E-state index in [1.807, 2.05) is 31.2 Å². The molecule has 0 aliphatic heterocycles. The Morgan fingerprint density at radius 1 is 1.47 bits per heavy atom. The summed E-state index contributed by atoms with van der Waals surface area (Å²) in [5.41, 5.74) is 6.61. The molecule has 0 saturated heterocycles. The number of ether oxygens (including phenoxy) is 1. The first-order chi connectivity index (χ1) is 9.11. The van der Waals surface area contributed by atoms with Crippen LogP contribution in [0.2, 0.25) is 0 Å². The third-order valence-corrected chi connectivity index (χ3v) is 2.89. The Labute approximate surface area is 115 Å². The van der Waals surface area contributed by atoms with Crippen LogP contribution in [0.1, 0.15) is 25.3 Å². The van der Waals surface area contributed by atoms with Gasteiger partial charge in [-0.3, -0.25) is 4.79 Å². The molecule has 1 amide bonds. The van der Waals surface area contributed by atoms with Crippen molar-refractivity contribution in [1.82, 2.24) is 5.32 Å². The Kier molecular flexibility index (Phi) is 6.97. The normalized spacial score (nSPS) is 11.9. The molecule has 1 aromatic carbocycles. The number of hydrogen-bond donors (Lipinski definition) is 2. The number of carbonyl (C=O) groups excluding carboxylic acids is 1. The molecular formula is C15H24N2O2. The molecule has 1 atom stereocenters. The van der Waals surface area contributed by atoms with E-state index in [0.717, 1.165) is 17.7 Å². The van der Waals surface area contributed by atoms with Crippen LogP contribution in [0.4, 0.5) is 0 Å². The topological polar surface area (TPSA) is 64.3 Å². The standard InChI is InChI=1S/C15H24N2O2/c1-12-4-3-5-14(10-12)19-9-7-15(18)17-11-13(2)6-8-16/h3-5,10,13H,6-9,11,16H2,1-2H3,(H,17,18). The third kappa shape index (κ3) is 6.82. The average molecular weight is 264 g/mol. The number of nitrogens with one attached hydrogen (secondary N) is 1. The lowest BCUT2D eigenvalue weighted by Crippen LogP contribution is -2.30. The van der Waals surface area contributed by atoms with Crippen LogP contribution in [0.5, 0.6) is 5.75 Å². The van der Waals surface area contributed by atoms with Crippen molar-refractivity contribution in [3.8, 4) is 5.75 Å². The van der Waals surface area contributed by atoms with Gasteiger partial charge in [-0.2, -0.15) is 0 Å². The molecule has 0 spiro atoms. The second-order valence-corrected chi connectivity index (χ2v) is 4.90. The van der Waals surface area contributed by atoms with Gasteiger partial charge in [0.15, 0.2) is 0 Å². The van der Waals surface area contributed by atoms with Gasteiger partial charge in [0.25, 0.3) is 0 Å². The van der Waals surface area contributed by atoms with E-state index in [4.69, 9.17) is 10.5 Å². The van der Waals surface area contributed by atoms with E-state index < -0.39 is 0 Å². The van der Waals surface area contributed by atoms with E-state index in [0.29, 0.717) is 32.0 Å². The summed E-state index contributed by atoms with van der Waals surface area (Å²) in [6, 6.07) is 7.81. The lowest BCUT2D eigenvalue weighted by atomic mass is 10.1. The predicted molar refractivity (Wildman–Crippen MR) is 77.1 cm³/mol. The van der Waals surface area contributed by atoms with Crippen molar-refractivity contribution < 1.29 is 9.53 Å². The van der Waals surface area contributed by atoms with E-state index in [-0.39, 0.29) is 5.91 Å². The van der Waals surface area contributed by atoms with E-state index in [2.05, 4.69) is 12.2 Å². The minimum Gasteiger partial charge on any atom is -0.493 e. The predicted octanol–water partition coefficient (Wildman–Crippen LogP) is 1.87. The quantitative estimate of drug-likeness (QED) is 0.753. The number of nitrogens with two attached hydrogens (primary N) is 1. The summed E-state index contributed by atoms with van der Waals surface area (Å²) < 4.78 is 5.53. The molecule has 0 bridgehead atoms. The molecule has 0 fully saturated rings. The third-order valence-electron chi connectivity index (χ3n) is 2.89. The van der Waals surface area contributed by atoms with Crippen LogP contribution in [0.15, 0.2) is 24.3 Å². The summed E-state index contributed by atoms with van der Waals surface area (Å²) >= 11 is 0. The Hall–Kier alpha value is -1.55. The van der Waals surface area contributed by atoms with Gasteiger partial charge in [0, 0.05) is 6.54 Å². The van der Waals surface area contributed by atoms with Gasteiger partial charge in [-0.05, 0) is 43.5 Å². The fourth-order valence-corrected chi connectivity index (χ4v) is 1.73. The van der Waals surface area contributed by atoms with Crippen molar-refractivity contribution in [2.45, 2.75) is 26.7 Å². The molecule has 1 rings (SSSR count). The van der Waals surface area contributed by atoms with Crippen LogP contribution in [0.3, 0.4) is 0 Å². The number of benzene rings is 1. The summed E-state index contributed by atoms with van der Waals surface area (Å²) in [6.45, 7) is 5.84.